The second-order valence-corrected chi connectivity index (χ2v) is 5.54. The Morgan fingerprint density at radius 2 is 2.00 bits per heavy atom. The van der Waals surface area contributed by atoms with Gasteiger partial charge in [-0.3, -0.25) is 9.88 Å². The Labute approximate surface area is 110 Å². The number of aromatic nitrogens is 1. The maximum atomic E-state index is 6.35. The molecule has 1 fully saturated rings. The predicted molar refractivity (Wildman–Crippen MR) is 75.2 cm³/mol. The summed E-state index contributed by atoms with van der Waals surface area (Å²) in [5.41, 5.74) is 7.63. The summed E-state index contributed by atoms with van der Waals surface area (Å²) in [6, 6.07) is 5.28. The Balaban J connectivity index is 2.19. The summed E-state index contributed by atoms with van der Waals surface area (Å²) in [5, 5.41) is 0. The Morgan fingerprint density at radius 1 is 1.39 bits per heavy atom. The van der Waals surface area contributed by atoms with Gasteiger partial charge in [-0.25, -0.2) is 0 Å². The molecule has 1 saturated carbocycles. The Morgan fingerprint density at radius 3 is 2.50 bits per heavy atom. The molecule has 18 heavy (non-hydrogen) atoms. The van der Waals surface area contributed by atoms with Crippen LogP contribution in [0.4, 0.5) is 0 Å². The summed E-state index contributed by atoms with van der Waals surface area (Å²) < 4.78 is 0. The molecule has 3 unspecified atom stereocenters. The van der Waals surface area contributed by atoms with Crippen LogP contribution in [0, 0.1) is 5.92 Å². The molecule has 0 aromatic carbocycles. The van der Waals surface area contributed by atoms with Crippen LogP contribution in [0.1, 0.15) is 44.7 Å². The van der Waals surface area contributed by atoms with Crippen LogP contribution in [0.3, 0.4) is 0 Å². The summed E-state index contributed by atoms with van der Waals surface area (Å²) in [7, 11) is 2.21. The van der Waals surface area contributed by atoms with Crippen molar-refractivity contribution in [3.05, 3.63) is 30.1 Å². The molecule has 0 saturated heterocycles. The summed E-state index contributed by atoms with van der Waals surface area (Å²) in [6.07, 6.45) is 7.46. The number of likely N-dealkylation sites (N-methyl/N-ethyl adjacent to an activating group) is 1. The van der Waals surface area contributed by atoms with Crippen LogP contribution in [0.25, 0.3) is 0 Å². The first-order chi connectivity index (χ1) is 8.65. The van der Waals surface area contributed by atoms with E-state index >= 15 is 0 Å². The van der Waals surface area contributed by atoms with Crippen molar-refractivity contribution in [2.24, 2.45) is 11.7 Å². The molecule has 1 aliphatic carbocycles. The smallest absolute Gasteiger partial charge is 0.0500 e. The lowest BCUT2D eigenvalue weighted by Gasteiger charge is -2.37. The first-order valence-corrected chi connectivity index (χ1v) is 7.02. The average Bonchev–Trinajstić information content (AvgIpc) is 3.23. The van der Waals surface area contributed by atoms with E-state index < -0.39 is 0 Å². The molecule has 0 radical (unpaired) electrons. The lowest BCUT2D eigenvalue weighted by Crippen LogP contribution is -2.43. The molecular formula is C15H25N3. The largest absolute Gasteiger partial charge is 0.326 e. The van der Waals surface area contributed by atoms with E-state index in [-0.39, 0.29) is 6.04 Å². The molecule has 0 aliphatic heterocycles. The second-order valence-electron chi connectivity index (χ2n) is 5.54. The Kier molecular flexibility index (Phi) is 4.36. The highest BCUT2D eigenvalue weighted by Crippen LogP contribution is 2.38. The fourth-order valence-electron chi connectivity index (χ4n) is 2.73. The van der Waals surface area contributed by atoms with Crippen LogP contribution in [0.15, 0.2) is 24.5 Å². The standard InChI is InChI=1S/C15H25N3/c1-4-14(16)15(13-7-9-17-10-8-13)18(3)11(2)12-5-6-12/h7-12,14-15H,4-6,16H2,1-3H3. The maximum absolute atomic E-state index is 6.35. The van der Waals surface area contributed by atoms with Crippen molar-refractivity contribution in [1.82, 2.24) is 9.88 Å². The molecule has 3 atom stereocenters. The fourth-order valence-corrected chi connectivity index (χ4v) is 2.73. The molecule has 1 heterocycles. The highest BCUT2D eigenvalue weighted by atomic mass is 15.2. The third-order valence-corrected chi connectivity index (χ3v) is 4.31. The molecule has 2 rings (SSSR count). The minimum Gasteiger partial charge on any atom is -0.326 e. The van der Waals surface area contributed by atoms with Gasteiger partial charge in [0.05, 0.1) is 0 Å². The van der Waals surface area contributed by atoms with Gasteiger partial charge in [0.1, 0.15) is 0 Å². The summed E-state index contributed by atoms with van der Waals surface area (Å²) in [5.74, 6) is 0.864. The zero-order valence-electron chi connectivity index (χ0n) is 11.7. The van der Waals surface area contributed by atoms with Crippen LogP contribution >= 0.6 is 0 Å². The van der Waals surface area contributed by atoms with Crippen molar-refractivity contribution in [2.45, 2.75) is 51.2 Å². The monoisotopic (exact) mass is 247 g/mol. The van der Waals surface area contributed by atoms with E-state index in [4.69, 9.17) is 5.73 Å². The van der Waals surface area contributed by atoms with Gasteiger partial charge in [-0.1, -0.05) is 6.92 Å². The number of nitrogens with zero attached hydrogens (tertiary/aromatic N) is 2. The second kappa shape index (κ2) is 5.81. The van der Waals surface area contributed by atoms with Crippen LogP contribution < -0.4 is 5.73 Å². The van der Waals surface area contributed by atoms with Crippen molar-refractivity contribution in [2.75, 3.05) is 7.05 Å². The normalized spacial score (nSPS) is 20.7. The Bertz CT molecular complexity index is 361. The van der Waals surface area contributed by atoms with Crippen molar-refractivity contribution in [3.8, 4) is 0 Å². The van der Waals surface area contributed by atoms with E-state index in [0.29, 0.717) is 12.1 Å². The highest BCUT2D eigenvalue weighted by molar-refractivity contribution is 5.17. The first kappa shape index (κ1) is 13.5. The molecule has 1 aromatic rings. The van der Waals surface area contributed by atoms with Crippen LogP contribution in [-0.2, 0) is 0 Å². The van der Waals surface area contributed by atoms with Crippen molar-refractivity contribution in [3.63, 3.8) is 0 Å². The molecule has 1 aliphatic rings. The molecule has 2 N–H and O–H groups in total. The van der Waals surface area contributed by atoms with Gasteiger partial charge in [0, 0.05) is 30.5 Å². The van der Waals surface area contributed by atoms with Gasteiger partial charge < -0.3 is 5.73 Å². The fraction of sp³-hybridized carbons (Fsp3) is 0.667. The van der Waals surface area contributed by atoms with E-state index in [1.54, 1.807) is 0 Å². The van der Waals surface area contributed by atoms with Crippen LogP contribution in [0.5, 0.6) is 0 Å². The maximum Gasteiger partial charge on any atom is 0.0500 e. The van der Waals surface area contributed by atoms with E-state index in [0.717, 1.165) is 12.3 Å². The third-order valence-electron chi connectivity index (χ3n) is 4.31. The van der Waals surface area contributed by atoms with Crippen LogP contribution in [0.2, 0.25) is 0 Å². The molecule has 3 heteroatoms. The quantitative estimate of drug-likeness (QED) is 0.840. The Hall–Kier alpha value is -0.930. The van der Waals surface area contributed by atoms with E-state index in [1.807, 2.05) is 12.4 Å². The minimum absolute atomic E-state index is 0.179. The summed E-state index contributed by atoms with van der Waals surface area (Å²) in [6.45, 7) is 4.49. The number of pyridine rings is 1. The van der Waals surface area contributed by atoms with Crippen molar-refractivity contribution >= 4 is 0 Å². The molecule has 0 spiro atoms. The van der Waals surface area contributed by atoms with Gasteiger partial charge in [0.25, 0.3) is 0 Å². The third kappa shape index (κ3) is 2.90. The number of hydrogen-bond acceptors (Lipinski definition) is 3. The van der Waals surface area contributed by atoms with E-state index in [2.05, 4.69) is 42.9 Å². The molecule has 0 bridgehead atoms. The van der Waals surface area contributed by atoms with E-state index in [1.165, 1.54) is 18.4 Å². The first-order valence-electron chi connectivity index (χ1n) is 7.02. The average molecular weight is 247 g/mol. The SMILES string of the molecule is CCC(N)C(c1ccncc1)N(C)C(C)C1CC1. The van der Waals surface area contributed by atoms with Gasteiger partial charge in [-0.2, -0.15) is 0 Å². The minimum atomic E-state index is 0.179. The number of hydrogen-bond donors (Lipinski definition) is 1. The van der Waals surface area contributed by atoms with Gasteiger partial charge in [-0.15, -0.1) is 0 Å². The number of rotatable bonds is 6. The zero-order chi connectivity index (χ0) is 13.1. The topological polar surface area (TPSA) is 42.1 Å². The van der Waals surface area contributed by atoms with Gasteiger partial charge >= 0.3 is 0 Å². The van der Waals surface area contributed by atoms with Gasteiger partial charge in [0.15, 0.2) is 0 Å². The van der Waals surface area contributed by atoms with E-state index in [9.17, 15) is 0 Å². The molecule has 3 nitrogen and oxygen atoms in total. The molecular weight excluding hydrogens is 222 g/mol. The van der Waals surface area contributed by atoms with Gasteiger partial charge in [-0.05, 0) is 56.8 Å². The van der Waals surface area contributed by atoms with Crippen LogP contribution in [-0.4, -0.2) is 29.0 Å². The molecule has 1 aromatic heterocycles. The number of nitrogens with two attached hydrogens (primary N) is 1. The molecule has 100 valence electrons. The highest BCUT2D eigenvalue weighted by Gasteiger charge is 2.35. The lowest BCUT2D eigenvalue weighted by molar-refractivity contribution is 0.143. The zero-order valence-corrected chi connectivity index (χ0v) is 11.7. The van der Waals surface area contributed by atoms with Gasteiger partial charge in [0.2, 0.25) is 0 Å². The summed E-state index contributed by atoms with van der Waals surface area (Å²) in [4.78, 5) is 6.56. The van der Waals surface area contributed by atoms with Crippen molar-refractivity contribution < 1.29 is 0 Å². The van der Waals surface area contributed by atoms with Crippen molar-refractivity contribution in [1.29, 1.82) is 0 Å². The summed E-state index contributed by atoms with van der Waals surface area (Å²) >= 11 is 0. The predicted octanol–water partition coefficient (Wildman–Crippen LogP) is 2.59. The lowest BCUT2D eigenvalue weighted by atomic mass is 9.95. The molecule has 0 amide bonds.